The number of nitrogens with zero attached hydrogens (tertiary/aromatic N) is 2. The Labute approximate surface area is 119 Å². The summed E-state index contributed by atoms with van der Waals surface area (Å²) in [5.41, 5.74) is 4.49. The summed E-state index contributed by atoms with van der Waals surface area (Å²) in [6, 6.07) is 5.94. The maximum absolute atomic E-state index is 5.39. The van der Waals surface area contributed by atoms with Crippen molar-refractivity contribution in [3.05, 3.63) is 34.6 Å². The van der Waals surface area contributed by atoms with Crippen LogP contribution in [0.15, 0.2) is 29.0 Å². The molecule has 1 aromatic heterocycles. The molecule has 1 heterocycles. The van der Waals surface area contributed by atoms with E-state index in [9.17, 15) is 0 Å². The zero-order valence-corrected chi connectivity index (χ0v) is 12.2. The van der Waals surface area contributed by atoms with E-state index in [1.807, 2.05) is 25.1 Å². The Bertz CT molecular complexity index is 590. The van der Waals surface area contributed by atoms with Crippen LogP contribution in [0.4, 0.5) is 17.3 Å². The third-order valence-electron chi connectivity index (χ3n) is 2.60. The van der Waals surface area contributed by atoms with Crippen LogP contribution < -0.4 is 21.3 Å². The molecule has 0 bridgehead atoms. The van der Waals surface area contributed by atoms with Gasteiger partial charge in [-0.3, -0.25) is 0 Å². The van der Waals surface area contributed by atoms with Crippen LogP contribution in [0.25, 0.3) is 0 Å². The molecular weight excluding hydrogens is 310 g/mol. The lowest BCUT2D eigenvalue weighted by molar-refractivity contribution is 0.415. The number of ether oxygens (including phenoxy) is 1. The summed E-state index contributed by atoms with van der Waals surface area (Å²) in [5, 5.41) is 3.21. The molecule has 0 radical (unpaired) electrons. The second kappa shape index (κ2) is 5.85. The summed E-state index contributed by atoms with van der Waals surface area (Å²) >= 11 is 3.44. The zero-order chi connectivity index (χ0) is 13.8. The molecule has 0 aliphatic carbocycles. The molecule has 0 saturated carbocycles. The van der Waals surface area contributed by atoms with Crippen molar-refractivity contribution in [2.45, 2.75) is 6.92 Å². The van der Waals surface area contributed by atoms with E-state index in [1.165, 1.54) is 6.33 Å². The normalized spacial score (nSPS) is 10.1. The van der Waals surface area contributed by atoms with Gasteiger partial charge in [0, 0.05) is 10.2 Å². The third kappa shape index (κ3) is 2.94. The highest BCUT2D eigenvalue weighted by Crippen LogP contribution is 2.32. The first kappa shape index (κ1) is 13.6. The number of rotatable bonds is 4. The molecule has 0 aliphatic heterocycles. The molecule has 0 unspecified atom stereocenters. The summed E-state index contributed by atoms with van der Waals surface area (Å²) in [4.78, 5) is 8.15. The van der Waals surface area contributed by atoms with E-state index in [0.717, 1.165) is 15.7 Å². The van der Waals surface area contributed by atoms with Gasteiger partial charge in [-0.25, -0.2) is 15.8 Å². The van der Waals surface area contributed by atoms with Gasteiger partial charge >= 0.3 is 0 Å². The molecule has 2 rings (SSSR count). The SMILES string of the molecule is COc1c(NN)ncnc1Nc1cc(Br)ccc1C. The van der Waals surface area contributed by atoms with Gasteiger partial charge in [-0.2, -0.15) is 0 Å². The van der Waals surface area contributed by atoms with Crippen LogP contribution in [0.1, 0.15) is 5.56 Å². The van der Waals surface area contributed by atoms with Gasteiger partial charge in [0.2, 0.25) is 5.75 Å². The van der Waals surface area contributed by atoms with Crippen molar-refractivity contribution < 1.29 is 4.74 Å². The van der Waals surface area contributed by atoms with Gasteiger partial charge in [-0.05, 0) is 24.6 Å². The Kier molecular flexibility index (Phi) is 4.18. The number of anilines is 3. The predicted molar refractivity (Wildman–Crippen MR) is 78.6 cm³/mol. The molecule has 0 spiro atoms. The number of benzene rings is 1. The van der Waals surface area contributed by atoms with E-state index in [2.05, 4.69) is 36.6 Å². The van der Waals surface area contributed by atoms with Crippen LogP contribution in [-0.2, 0) is 0 Å². The van der Waals surface area contributed by atoms with Crippen LogP contribution in [0, 0.1) is 6.92 Å². The minimum absolute atomic E-state index is 0.424. The number of hydrogen-bond acceptors (Lipinski definition) is 6. The van der Waals surface area contributed by atoms with E-state index in [-0.39, 0.29) is 0 Å². The third-order valence-corrected chi connectivity index (χ3v) is 3.09. The topological polar surface area (TPSA) is 85.1 Å². The van der Waals surface area contributed by atoms with Crippen molar-refractivity contribution in [2.24, 2.45) is 5.84 Å². The average molecular weight is 324 g/mol. The Balaban J connectivity index is 2.40. The highest BCUT2D eigenvalue weighted by atomic mass is 79.9. The smallest absolute Gasteiger partial charge is 0.205 e. The highest BCUT2D eigenvalue weighted by molar-refractivity contribution is 9.10. The number of aromatic nitrogens is 2. The molecule has 100 valence electrons. The molecule has 1 aromatic carbocycles. The minimum Gasteiger partial charge on any atom is -0.490 e. The number of halogens is 1. The molecule has 0 saturated heterocycles. The van der Waals surface area contributed by atoms with E-state index in [0.29, 0.717) is 17.4 Å². The van der Waals surface area contributed by atoms with Crippen molar-refractivity contribution >= 4 is 33.3 Å². The molecular formula is C12H14BrN5O. The van der Waals surface area contributed by atoms with Crippen molar-refractivity contribution in [3.8, 4) is 5.75 Å². The summed E-state index contributed by atoms with van der Waals surface area (Å²) in [6.07, 6.45) is 1.41. The standard InChI is InChI=1S/C12H14BrN5O/c1-7-3-4-8(13)5-9(7)17-11-10(19-2)12(18-14)16-6-15-11/h3-6H,14H2,1-2H3,(H2,15,16,17,18). The first-order chi connectivity index (χ1) is 9.15. The molecule has 4 N–H and O–H groups in total. The molecule has 0 amide bonds. The lowest BCUT2D eigenvalue weighted by Crippen LogP contribution is -2.11. The van der Waals surface area contributed by atoms with E-state index >= 15 is 0 Å². The van der Waals surface area contributed by atoms with E-state index < -0.39 is 0 Å². The summed E-state index contributed by atoms with van der Waals surface area (Å²) < 4.78 is 6.25. The largest absolute Gasteiger partial charge is 0.490 e. The quantitative estimate of drug-likeness (QED) is 0.592. The fourth-order valence-electron chi connectivity index (χ4n) is 1.62. The van der Waals surface area contributed by atoms with Gasteiger partial charge in [0.05, 0.1) is 7.11 Å². The lowest BCUT2D eigenvalue weighted by atomic mass is 10.2. The minimum atomic E-state index is 0.424. The number of nitrogen functional groups attached to an aromatic ring is 1. The fraction of sp³-hybridized carbons (Fsp3) is 0.167. The number of nitrogens with two attached hydrogens (primary N) is 1. The Morgan fingerprint density at radius 1 is 1.26 bits per heavy atom. The van der Waals surface area contributed by atoms with Crippen molar-refractivity contribution in [1.29, 1.82) is 0 Å². The average Bonchev–Trinajstić information content (AvgIpc) is 2.42. The van der Waals surface area contributed by atoms with Gasteiger partial charge in [-0.15, -0.1) is 0 Å². The molecule has 7 heteroatoms. The Morgan fingerprint density at radius 2 is 2.00 bits per heavy atom. The van der Waals surface area contributed by atoms with Crippen molar-refractivity contribution in [1.82, 2.24) is 9.97 Å². The monoisotopic (exact) mass is 323 g/mol. The predicted octanol–water partition coefficient (Wildman–Crippen LogP) is 2.59. The Hall–Kier alpha value is -1.86. The van der Waals surface area contributed by atoms with Crippen LogP contribution in [0.3, 0.4) is 0 Å². The maximum atomic E-state index is 5.39. The molecule has 0 atom stereocenters. The number of aryl methyl sites for hydroxylation is 1. The van der Waals surface area contributed by atoms with Gasteiger partial charge in [0.1, 0.15) is 6.33 Å². The van der Waals surface area contributed by atoms with Gasteiger partial charge in [0.15, 0.2) is 11.6 Å². The molecule has 0 fully saturated rings. The molecule has 19 heavy (non-hydrogen) atoms. The Morgan fingerprint density at radius 3 is 2.68 bits per heavy atom. The second-order valence-electron chi connectivity index (χ2n) is 3.83. The second-order valence-corrected chi connectivity index (χ2v) is 4.75. The lowest BCUT2D eigenvalue weighted by Gasteiger charge is -2.14. The van der Waals surface area contributed by atoms with Crippen molar-refractivity contribution in [2.75, 3.05) is 17.9 Å². The summed E-state index contributed by atoms with van der Waals surface area (Å²) in [6.45, 7) is 2.00. The first-order valence-electron chi connectivity index (χ1n) is 5.54. The zero-order valence-electron chi connectivity index (χ0n) is 10.6. The van der Waals surface area contributed by atoms with Gasteiger partial charge < -0.3 is 15.5 Å². The van der Waals surface area contributed by atoms with Crippen LogP contribution in [-0.4, -0.2) is 17.1 Å². The van der Waals surface area contributed by atoms with Gasteiger partial charge in [-0.1, -0.05) is 22.0 Å². The fourth-order valence-corrected chi connectivity index (χ4v) is 1.98. The summed E-state index contributed by atoms with van der Waals surface area (Å²) in [5.74, 6) is 6.82. The van der Waals surface area contributed by atoms with Crippen LogP contribution in [0.5, 0.6) is 5.75 Å². The summed E-state index contributed by atoms with van der Waals surface area (Å²) in [7, 11) is 1.54. The van der Waals surface area contributed by atoms with Crippen LogP contribution in [0.2, 0.25) is 0 Å². The number of hydrazine groups is 1. The highest BCUT2D eigenvalue weighted by Gasteiger charge is 2.12. The number of hydrogen-bond donors (Lipinski definition) is 3. The molecule has 6 nitrogen and oxygen atoms in total. The van der Waals surface area contributed by atoms with Gasteiger partial charge in [0.25, 0.3) is 0 Å². The van der Waals surface area contributed by atoms with Crippen molar-refractivity contribution in [3.63, 3.8) is 0 Å². The van der Waals surface area contributed by atoms with E-state index in [1.54, 1.807) is 7.11 Å². The van der Waals surface area contributed by atoms with E-state index in [4.69, 9.17) is 10.6 Å². The number of methoxy groups -OCH3 is 1. The maximum Gasteiger partial charge on any atom is 0.205 e. The number of nitrogens with one attached hydrogen (secondary N) is 2. The molecule has 0 aliphatic rings. The molecule has 2 aromatic rings. The first-order valence-corrected chi connectivity index (χ1v) is 6.33. The van der Waals surface area contributed by atoms with Crippen LogP contribution >= 0.6 is 15.9 Å².